The van der Waals surface area contributed by atoms with Gasteiger partial charge >= 0.3 is 5.97 Å². The first kappa shape index (κ1) is 14.9. The third-order valence-corrected chi connectivity index (χ3v) is 5.01. The smallest absolute Gasteiger partial charge is 0.321 e. The van der Waals surface area contributed by atoms with E-state index in [1.807, 2.05) is 0 Å². The van der Waals surface area contributed by atoms with E-state index >= 15 is 0 Å². The van der Waals surface area contributed by atoms with Crippen molar-refractivity contribution in [3.63, 3.8) is 0 Å². The van der Waals surface area contributed by atoms with E-state index in [1.54, 1.807) is 0 Å². The third kappa shape index (κ3) is 3.20. The minimum absolute atomic E-state index is 0.0510. The van der Waals surface area contributed by atoms with Crippen LogP contribution in [0.2, 0.25) is 5.02 Å². The number of carboxylic acid groups (broad SMARTS) is 1. The van der Waals surface area contributed by atoms with E-state index in [4.69, 9.17) is 16.7 Å². The lowest BCUT2D eigenvalue weighted by atomic mass is 10.2. The summed E-state index contributed by atoms with van der Waals surface area (Å²) in [6, 6.07) is 3.79. The van der Waals surface area contributed by atoms with Crippen molar-refractivity contribution in [1.29, 1.82) is 0 Å². The van der Waals surface area contributed by atoms with Gasteiger partial charge in [-0.3, -0.25) is 4.79 Å². The lowest BCUT2D eigenvalue weighted by Gasteiger charge is -2.12. The summed E-state index contributed by atoms with van der Waals surface area (Å²) in [4.78, 5) is 10.8. The first-order valence-corrected chi connectivity index (χ1v) is 7.26. The van der Waals surface area contributed by atoms with Gasteiger partial charge in [-0.2, -0.15) is 0 Å². The molecule has 0 saturated heterocycles. The zero-order valence-corrected chi connectivity index (χ0v) is 11.1. The average Bonchev–Trinajstić information content (AvgIpc) is 2.24. The maximum atomic E-state index is 13.2. The zero-order chi connectivity index (χ0) is 13.9. The Balaban J connectivity index is 3.10. The van der Waals surface area contributed by atoms with Crippen molar-refractivity contribution in [2.24, 2.45) is 0 Å². The monoisotopic (exact) mass is 294 g/mol. The Bertz CT molecular complexity index is 556. The van der Waals surface area contributed by atoms with Crippen LogP contribution in [0.3, 0.4) is 0 Å². The summed E-state index contributed by atoms with van der Waals surface area (Å²) in [5.41, 5.74) is 0.0661. The molecule has 0 fully saturated rings. The van der Waals surface area contributed by atoms with E-state index in [2.05, 4.69) is 0 Å². The first-order valence-electron chi connectivity index (χ1n) is 5.17. The molecule has 0 aliphatic rings. The number of hydrogen-bond donors (Lipinski definition) is 1. The summed E-state index contributed by atoms with van der Waals surface area (Å²) >= 11 is 5.64. The molecule has 0 radical (unpaired) electrons. The normalized spacial score (nSPS) is 13.3. The molecule has 4 nitrogen and oxygen atoms in total. The highest BCUT2D eigenvalue weighted by Crippen LogP contribution is 2.23. The quantitative estimate of drug-likeness (QED) is 0.904. The van der Waals surface area contributed by atoms with Crippen LogP contribution in [0.25, 0.3) is 0 Å². The van der Waals surface area contributed by atoms with Crippen LogP contribution in [0.15, 0.2) is 18.2 Å². The topological polar surface area (TPSA) is 71.4 Å². The first-order chi connectivity index (χ1) is 8.29. The number of benzene rings is 1. The Labute approximate surface area is 109 Å². The maximum absolute atomic E-state index is 13.2. The summed E-state index contributed by atoms with van der Waals surface area (Å²) in [7, 11) is -3.91. The van der Waals surface area contributed by atoms with Gasteiger partial charge in [0.05, 0.1) is 10.8 Å². The van der Waals surface area contributed by atoms with Crippen molar-refractivity contribution >= 4 is 27.4 Å². The van der Waals surface area contributed by atoms with Crippen LogP contribution in [0.4, 0.5) is 4.39 Å². The second-order valence-electron chi connectivity index (χ2n) is 3.76. The molecule has 1 atom stereocenters. The van der Waals surface area contributed by atoms with Crippen LogP contribution in [-0.2, 0) is 20.4 Å². The summed E-state index contributed by atoms with van der Waals surface area (Å²) in [5, 5.41) is 7.03. The molecule has 0 bridgehead atoms. The van der Waals surface area contributed by atoms with Crippen molar-refractivity contribution < 1.29 is 22.7 Å². The molecule has 1 aromatic rings. The number of aliphatic carboxylic acids is 1. The van der Waals surface area contributed by atoms with E-state index in [-0.39, 0.29) is 17.0 Å². The van der Waals surface area contributed by atoms with Gasteiger partial charge in [-0.25, -0.2) is 12.8 Å². The highest BCUT2D eigenvalue weighted by Gasteiger charge is 2.31. The van der Waals surface area contributed by atoms with Gasteiger partial charge in [0.25, 0.3) is 0 Å². The zero-order valence-electron chi connectivity index (χ0n) is 9.56. The van der Waals surface area contributed by atoms with Crippen LogP contribution >= 0.6 is 11.6 Å². The largest absolute Gasteiger partial charge is 0.480 e. The summed E-state index contributed by atoms with van der Waals surface area (Å²) < 4.78 is 36.9. The number of sulfone groups is 1. The van der Waals surface area contributed by atoms with Crippen LogP contribution < -0.4 is 0 Å². The van der Waals surface area contributed by atoms with Crippen LogP contribution in [-0.4, -0.2) is 24.7 Å². The van der Waals surface area contributed by atoms with Crippen molar-refractivity contribution in [2.45, 2.75) is 24.3 Å². The van der Waals surface area contributed by atoms with Gasteiger partial charge in [-0.15, -0.1) is 0 Å². The molecule has 0 heterocycles. The Kier molecular flexibility index (Phi) is 4.70. The van der Waals surface area contributed by atoms with Crippen molar-refractivity contribution in [3.8, 4) is 0 Å². The molecule has 1 N–H and O–H groups in total. The molecule has 1 unspecified atom stereocenters. The Morgan fingerprint density at radius 2 is 2.11 bits per heavy atom. The molecule has 1 aromatic carbocycles. The number of hydrogen-bond acceptors (Lipinski definition) is 3. The average molecular weight is 295 g/mol. The lowest BCUT2D eigenvalue weighted by molar-refractivity contribution is -0.136. The summed E-state index contributed by atoms with van der Waals surface area (Å²) in [6.45, 7) is 1.46. The third-order valence-electron chi connectivity index (χ3n) is 2.47. The highest BCUT2D eigenvalue weighted by atomic mass is 35.5. The second-order valence-corrected chi connectivity index (χ2v) is 6.32. The van der Waals surface area contributed by atoms with Crippen LogP contribution in [0.5, 0.6) is 0 Å². The number of halogens is 2. The maximum Gasteiger partial charge on any atom is 0.321 e. The van der Waals surface area contributed by atoms with Gasteiger partial charge in [0.2, 0.25) is 0 Å². The van der Waals surface area contributed by atoms with E-state index in [0.717, 1.165) is 6.07 Å². The molecule has 0 aliphatic carbocycles. The number of carboxylic acids is 1. The Hall–Kier alpha value is -1.14. The van der Waals surface area contributed by atoms with Crippen LogP contribution in [0, 0.1) is 5.82 Å². The Morgan fingerprint density at radius 3 is 2.61 bits per heavy atom. The van der Waals surface area contributed by atoms with Gasteiger partial charge in [-0.1, -0.05) is 30.7 Å². The van der Waals surface area contributed by atoms with Gasteiger partial charge in [0.15, 0.2) is 15.1 Å². The van der Waals surface area contributed by atoms with Gasteiger partial charge in [-0.05, 0) is 18.1 Å². The predicted octanol–water partition coefficient (Wildman–Crippen LogP) is 2.26. The molecule has 0 amide bonds. The molecule has 100 valence electrons. The van der Waals surface area contributed by atoms with Gasteiger partial charge in [0.1, 0.15) is 5.82 Å². The molecule has 7 heteroatoms. The van der Waals surface area contributed by atoms with Crippen molar-refractivity contribution in [2.75, 3.05) is 0 Å². The number of carbonyl (C=O) groups is 1. The fourth-order valence-electron chi connectivity index (χ4n) is 1.56. The molecule has 18 heavy (non-hydrogen) atoms. The molecule has 1 rings (SSSR count). The summed E-state index contributed by atoms with van der Waals surface area (Å²) in [5.74, 6) is -2.73. The molecule has 0 aliphatic heterocycles. The fourth-order valence-corrected chi connectivity index (χ4v) is 3.52. The van der Waals surface area contributed by atoms with E-state index in [0.29, 0.717) is 0 Å². The predicted molar refractivity (Wildman–Crippen MR) is 65.7 cm³/mol. The van der Waals surface area contributed by atoms with Crippen molar-refractivity contribution in [3.05, 3.63) is 34.6 Å². The molecule has 0 aromatic heterocycles. The number of rotatable bonds is 5. The van der Waals surface area contributed by atoms with Gasteiger partial charge in [0, 0.05) is 0 Å². The van der Waals surface area contributed by atoms with Crippen LogP contribution in [0.1, 0.15) is 18.9 Å². The molecular weight excluding hydrogens is 283 g/mol. The minimum Gasteiger partial charge on any atom is -0.480 e. The SMILES string of the molecule is CCC(C(=O)O)S(=O)(=O)Cc1cccc(F)c1Cl. The van der Waals surface area contributed by atoms with E-state index in [9.17, 15) is 17.6 Å². The second kappa shape index (κ2) is 5.67. The lowest BCUT2D eigenvalue weighted by Crippen LogP contribution is -2.30. The minimum atomic E-state index is -3.91. The molecule has 0 saturated carbocycles. The molecule has 0 spiro atoms. The van der Waals surface area contributed by atoms with E-state index < -0.39 is 32.6 Å². The molecular formula is C11H12ClFO4S. The van der Waals surface area contributed by atoms with E-state index in [1.165, 1.54) is 19.1 Å². The van der Waals surface area contributed by atoms with Crippen molar-refractivity contribution in [1.82, 2.24) is 0 Å². The highest BCUT2D eigenvalue weighted by molar-refractivity contribution is 7.92. The Morgan fingerprint density at radius 1 is 1.50 bits per heavy atom. The fraction of sp³-hybridized carbons (Fsp3) is 0.364. The standard InChI is InChI=1S/C11H12ClFO4S/c1-2-9(11(14)15)18(16,17)6-7-4-3-5-8(13)10(7)12/h3-5,9H,2,6H2,1H3,(H,14,15). The summed E-state index contributed by atoms with van der Waals surface area (Å²) in [6.07, 6.45) is -0.0510. The van der Waals surface area contributed by atoms with Gasteiger partial charge < -0.3 is 5.11 Å².